The molecule has 11 heteroatoms. The number of ether oxygens (including phenoxy) is 1. The fourth-order valence-electron chi connectivity index (χ4n) is 5.04. The summed E-state index contributed by atoms with van der Waals surface area (Å²) in [5, 5.41) is 0.802. The largest absolute Gasteiger partial charge is 0.466 e. The molecule has 4 rings (SSSR count). The Bertz CT molecular complexity index is 913. The lowest BCUT2D eigenvalue weighted by atomic mass is 9.97. The molecule has 9 nitrogen and oxygen atoms in total. The fraction of sp³-hybridized carbons (Fsp3) is 0.708. The van der Waals surface area contributed by atoms with Crippen LogP contribution in [0.1, 0.15) is 45.4 Å². The van der Waals surface area contributed by atoms with E-state index in [1.54, 1.807) is 17.9 Å². The maximum Gasteiger partial charge on any atom is 0.309 e. The predicted octanol–water partition coefficient (Wildman–Crippen LogP) is 2.86. The number of aromatic nitrogens is 2. The van der Waals surface area contributed by atoms with Crippen molar-refractivity contribution in [2.75, 3.05) is 56.5 Å². The number of esters is 1. The van der Waals surface area contributed by atoms with E-state index in [1.165, 1.54) is 11.8 Å². The highest BCUT2D eigenvalue weighted by molar-refractivity contribution is 7.99. The number of hydrogen-bond donors (Lipinski definition) is 0. The number of rotatable bonds is 7. The Kier molecular flexibility index (Phi) is 9.10. The Morgan fingerprint density at radius 1 is 0.971 bits per heavy atom. The van der Waals surface area contributed by atoms with Gasteiger partial charge in [-0.25, -0.2) is 9.97 Å². The molecule has 3 heterocycles. The summed E-state index contributed by atoms with van der Waals surface area (Å²) >= 11 is 7.55. The second-order valence-electron chi connectivity index (χ2n) is 9.32. The molecule has 3 aliphatic rings. The van der Waals surface area contributed by atoms with Crippen LogP contribution in [0.15, 0.2) is 11.2 Å². The first-order chi connectivity index (χ1) is 16.9. The molecule has 0 radical (unpaired) electrons. The van der Waals surface area contributed by atoms with Gasteiger partial charge in [0, 0.05) is 51.3 Å². The molecular weight excluding hydrogens is 490 g/mol. The highest BCUT2D eigenvalue weighted by atomic mass is 35.5. The van der Waals surface area contributed by atoms with E-state index in [4.69, 9.17) is 16.3 Å². The number of piperidine rings is 1. The van der Waals surface area contributed by atoms with Crippen molar-refractivity contribution in [1.82, 2.24) is 19.8 Å². The Balaban J connectivity index is 1.26. The molecule has 1 aromatic rings. The molecule has 3 fully saturated rings. The normalized spacial score (nSPS) is 19.8. The Labute approximate surface area is 215 Å². The van der Waals surface area contributed by atoms with Crippen molar-refractivity contribution in [3.05, 3.63) is 11.2 Å². The van der Waals surface area contributed by atoms with Gasteiger partial charge in [-0.2, -0.15) is 0 Å². The van der Waals surface area contributed by atoms with Crippen LogP contribution >= 0.6 is 23.4 Å². The van der Waals surface area contributed by atoms with Gasteiger partial charge in [0.15, 0.2) is 5.16 Å². The summed E-state index contributed by atoms with van der Waals surface area (Å²) < 4.78 is 5.10. The molecule has 0 aromatic carbocycles. The quantitative estimate of drug-likeness (QED) is 0.233. The number of carbonyl (C=O) groups is 3. The third kappa shape index (κ3) is 6.78. The van der Waals surface area contributed by atoms with Crippen LogP contribution in [0.2, 0.25) is 5.15 Å². The van der Waals surface area contributed by atoms with Crippen molar-refractivity contribution in [2.24, 2.45) is 11.8 Å². The minimum Gasteiger partial charge on any atom is -0.466 e. The highest BCUT2D eigenvalue weighted by Crippen LogP contribution is 2.28. The van der Waals surface area contributed by atoms with E-state index in [-0.39, 0.29) is 29.5 Å². The first-order valence-corrected chi connectivity index (χ1v) is 14.0. The average molecular weight is 524 g/mol. The Morgan fingerprint density at radius 2 is 1.66 bits per heavy atom. The monoisotopic (exact) mass is 523 g/mol. The lowest BCUT2D eigenvalue weighted by molar-refractivity contribution is -0.151. The fourth-order valence-corrected chi connectivity index (χ4v) is 6.03. The van der Waals surface area contributed by atoms with E-state index >= 15 is 0 Å². The maximum atomic E-state index is 12.7. The van der Waals surface area contributed by atoms with Crippen LogP contribution in [-0.2, 0) is 19.1 Å². The molecule has 1 saturated carbocycles. The topological polar surface area (TPSA) is 95.9 Å². The zero-order valence-corrected chi connectivity index (χ0v) is 21.9. The lowest BCUT2D eigenvalue weighted by Gasteiger charge is -2.36. The minimum atomic E-state index is -0.169. The molecule has 0 bridgehead atoms. The highest BCUT2D eigenvalue weighted by Gasteiger charge is 2.30. The van der Waals surface area contributed by atoms with Gasteiger partial charge in [0.1, 0.15) is 11.0 Å². The summed E-state index contributed by atoms with van der Waals surface area (Å²) in [6.07, 6.45) is 5.60. The number of halogens is 1. The van der Waals surface area contributed by atoms with Crippen molar-refractivity contribution in [3.8, 4) is 0 Å². The number of nitrogens with zero attached hydrogens (tertiary/aromatic N) is 5. The van der Waals surface area contributed by atoms with Crippen LogP contribution in [-0.4, -0.2) is 89.2 Å². The van der Waals surface area contributed by atoms with Gasteiger partial charge < -0.3 is 19.4 Å². The maximum absolute atomic E-state index is 12.7. The van der Waals surface area contributed by atoms with Crippen LogP contribution in [0.3, 0.4) is 0 Å². The number of likely N-dealkylation sites (tertiary alicyclic amines) is 1. The summed E-state index contributed by atoms with van der Waals surface area (Å²) in [6.45, 7) is 6.04. The molecule has 1 aliphatic carbocycles. The lowest BCUT2D eigenvalue weighted by Crippen LogP contribution is -2.50. The summed E-state index contributed by atoms with van der Waals surface area (Å²) in [7, 11) is 0. The number of carbonyl (C=O) groups excluding carboxylic acids is 3. The molecular formula is C24H34ClN5O4S. The molecule has 1 aromatic heterocycles. The van der Waals surface area contributed by atoms with E-state index in [0.29, 0.717) is 74.9 Å². The first kappa shape index (κ1) is 26.0. The molecule has 0 spiro atoms. The van der Waals surface area contributed by atoms with E-state index in [9.17, 15) is 14.4 Å². The van der Waals surface area contributed by atoms with E-state index in [1.807, 2.05) is 4.90 Å². The predicted molar refractivity (Wildman–Crippen MR) is 134 cm³/mol. The van der Waals surface area contributed by atoms with Crippen molar-refractivity contribution >= 4 is 47.0 Å². The number of hydrogen-bond acceptors (Lipinski definition) is 8. The van der Waals surface area contributed by atoms with Crippen LogP contribution in [0.4, 0.5) is 5.82 Å². The van der Waals surface area contributed by atoms with Crippen molar-refractivity contribution in [1.29, 1.82) is 0 Å². The molecule has 2 amide bonds. The molecule has 2 saturated heterocycles. The van der Waals surface area contributed by atoms with Gasteiger partial charge in [-0.15, -0.1) is 0 Å². The van der Waals surface area contributed by atoms with Crippen LogP contribution in [0.5, 0.6) is 0 Å². The molecule has 0 N–H and O–H groups in total. The molecule has 0 atom stereocenters. The van der Waals surface area contributed by atoms with Gasteiger partial charge in [-0.1, -0.05) is 36.2 Å². The standard InChI is InChI=1S/C24H34ClN5O4S/c1-2-34-23(33)18-7-9-29(10-8-18)21(31)16-35-24-26-19(25)15-20(27-24)28-11-13-30(14-12-28)22(32)17-5-3-4-6-17/h15,17-18H,2-14,16H2,1H3. The van der Waals surface area contributed by atoms with Crippen LogP contribution in [0, 0.1) is 11.8 Å². The van der Waals surface area contributed by atoms with Gasteiger partial charge in [-0.05, 0) is 32.6 Å². The number of piperazine rings is 1. The number of amides is 2. The third-order valence-corrected chi connectivity index (χ3v) is 8.10. The van der Waals surface area contributed by atoms with Gasteiger partial charge in [0.25, 0.3) is 0 Å². The van der Waals surface area contributed by atoms with Gasteiger partial charge in [0.2, 0.25) is 11.8 Å². The molecule has 35 heavy (non-hydrogen) atoms. The van der Waals surface area contributed by atoms with E-state index < -0.39 is 0 Å². The van der Waals surface area contributed by atoms with Crippen LogP contribution in [0.25, 0.3) is 0 Å². The summed E-state index contributed by atoms with van der Waals surface area (Å²) in [5.41, 5.74) is 0. The second kappa shape index (κ2) is 12.3. The molecule has 0 unspecified atom stereocenters. The van der Waals surface area contributed by atoms with Gasteiger partial charge >= 0.3 is 5.97 Å². The second-order valence-corrected chi connectivity index (χ2v) is 10.7. The van der Waals surface area contributed by atoms with Crippen molar-refractivity contribution < 1.29 is 19.1 Å². The molecule has 192 valence electrons. The smallest absolute Gasteiger partial charge is 0.309 e. The number of anilines is 1. The number of thioether (sulfide) groups is 1. The zero-order valence-electron chi connectivity index (χ0n) is 20.3. The Morgan fingerprint density at radius 3 is 2.31 bits per heavy atom. The van der Waals surface area contributed by atoms with Gasteiger partial charge in [0.05, 0.1) is 18.3 Å². The third-order valence-electron chi connectivity index (χ3n) is 7.07. The summed E-state index contributed by atoms with van der Waals surface area (Å²) in [6, 6.07) is 1.74. The first-order valence-electron chi connectivity index (χ1n) is 12.6. The van der Waals surface area contributed by atoms with Crippen molar-refractivity contribution in [2.45, 2.75) is 50.6 Å². The molecule has 2 aliphatic heterocycles. The van der Waals surface area contributed by atoms with Gasteiger partial charge in [-0.3, -0.25) is 14.4 Å². The van der Waals surface area contributed by atoms with Crippen molar-refractivity contribution in [3.63, 3.8) is 0 Å². The minimum absolute atomic E-state index is 0.00136. The van der Waals surface area contributed by atoms with E-state index in [0.717, 1.165) is 31.5 Å². The van der Waals surface area contributed by atoms with E-state index in [2.05, 4.69) is 14.9 Å². The SMILES string of the molecule is CCOC(=O)C1CCN(C(=O)CSc2nc(Cl)cc(N3CCN(C(=O)C4CCCC4)CC3)n2)CC1. The summed E-state index contributed by atoms with van der Waals surface area (Å²) in [5.74, 6) is 1.14. The average Bonchev–Trinajstić information content (AvgIpc) is 3.42. The summed E-state index contributed by atoms with van der Waals surface area (Å²) in [4.78, 5) is 52.1. The van der Waals surface area contributed by atoms with Crippen LogP contribution < -0.4 is 4.90 Å². The Hall–Kier alpha value is -2.07. The zero-order chi connectivity index (χ0) is 24.8.